The van der Waals surface area contributed by atoms with Gasteiger partial charge in [-0.3, -0.25) is 14.4 Å². The second kappa shape index (κ2) is 10.8. The highest BCUT2D eigenvalue weighted by Gasteiger charge is 2.22. The molecule has 0 atom stereocenters. The van der Waals surface area contributed by atoms with Gasteiger partial charge in [0.15, 0.2) is 12.4 Å². The molecule has 1 aromatic carbocycles. The molecule has 28 heavy (non-hydrogen) atoms. The number of Topliss-reactive ketones (excluding diaryl/α,β-unsaturated/α-hetero) is 1. The summed E-state index contributed by atoms with van der Waals surface area (Å²) in [5.74, 6) is -0.218. The van der Waals surface area contributed by atoms with Gasteiger partial charge in [-0.25, -0.2) is 0 Å². The maximum absolute atomic E-state index is 12.6. The van der Waals surface area contributed by atoms with Crippen LogP contribution in [0.15, 0.2) is 24.3 Å². The molecule has 156 valence electrons. The van der Waals surface area contributed by atoms with E-state index in [1.165, 1.54) is 4.90 Å². The Kier molecular flexibility index (Phi) is 9.12. The van der Waals surface area contributed by atoms with Crippen molar-refractivity contribution in [2.75, 3.05) is 40.3 Å². The molecule has 0 aromatic heterocycles. The van der Waals surface area contributed by atoms with Crippen LogP contribution in [0, 0.1) is 0 Å². The lowest BCUT2D eigenvalue weighted by atomic mass is 10.1. The summed E-state index contributed by atoms with van der Waals surface area (Å²) >= 11 is 0. The normalized spacial score (nSPS) is 11.2. The Morgan fingerprint density at radius 2 is 1.61 bits per heavy atom. The quantitative estimate of drug-likeness (QED) is 0.450. The molecule has 0 aliphatic carbocycles. The molecule has 0 saturated heterocycles. The highest BCUT2D eigenvalue weighted by molar-refractivity contribution is 5.95. The highest BCUT2D eigenvalue weighted by atomic mass is 16.6. The summed E-state index contributed by atoms with van der Waals surface area (Å²) in [5, 5.41) is 0. The van der Waals surface area contributed by atoms with Crippen LogP contribution < -0.4 is 4.74 Å². The fourth-order valence-corrected chi connectivity index (χ4v) is 2.32. The van der Waals surface area contributed by atoms with E-state index in [1.807, 2.05) is 19.0 Å². The minimum absolute atomic E-state index is 0.0508. The van der Waals surface area contributed by atoms with E-state index in [4.69, 9.17) is 9.47 Å². The number of nitrogens with zero attached hydrogens (tertiary/aromatic N) is 2. The third-order valence-electron chi connectivity index (χ3n) is 3.77. The van der Waals surface area contributed by atoms with Gasteiger partial charge in [-0.15, -0.1) is 0 Å². The van der Waals surface area contributed by atoms with Crippen LogP contribution >= 0.6 is 0 Å². The minimum atomic E-state index is -0.610. The van der Waals surface area contributed by atoms with E-state index in [9.17, 15) is 14.4 Å². The van der Waals surface area contributed by atoms with Crippen LogP contribution in [-0.2, 0) is 14.3 Å². The Labute approximate surface area is 167 Å². The molecule has 0 spiro atoms. The maximum Gasteiger partial charge on any atom is 0.326 e. The molecule has 1 aromatic rings. The topological polar surface area (TPSA) is 76.2 Å². The molecule has 0 N–H and O–H groups in total. The fourth-order valence-electron chi connectivity index (χ4n) is 2.32. The van der Waals surface area contributed by atoms with Crippen LogP contribution in [0.25, 0.3) is 0 Å². The van der Waals surface area contributed by atoms with Crippen LogP contribution in [0.5, 0.6) is 5.75 Å². The van der Waals surface area contributed by atoms with E-state index < -0.39 is 11.6 Å². The van der Waals surface area contributed by atoms with Crippen LogP contribution in [0.4, 0.5) is 0 Å². The number of ether oxygens (including phenoxy) is 2. The zero-order chi connectivity index (χ0) is 21.3. The second-order valence-corrected chi connectivity index (χ2v) is 7.79. The molecule has 1 rings (SSSR count). The monoisotopic (exact) mass is 392 g/mol. The van der Waals surface area contributed by atoms with Gasteiger partial charge >= 0.3 is 5.97 Å². The average molecular weight is 392 g/mol. The van der Waals surface area contributed by atoms with E-state index in [0.29, 0.717) is 30.8 Å². The van der Waals surface area contributed by atoms with Gasteiger partial charge < -0.3 is 19.3 Å². The summed E-state index contributed by atoms with van der Waals surface area (Å²) in [6.45, 7) is 7.83. The smallest absolute Gasteiger partial charge is 0.326 e. The summed E-state index contributed by atoms with van der Waals surface area (Å²) in [7, 11) is 3.79. The fraction of sp³-hybridized carbons (Fsp3) is 0.571. The number of carbonyl (C=O) groups is 3. The largest absolute Gasteiger partial charge is 0.484 e. The van der Waals surface area contributed by atoms with Gasteiger partial charge in [0.05, 0.1) is 0 Å². The van der Waals surface area contributed by atoms with E-state index in [1.54, 1.807) is 52.0 Å². The third-order valence-corrected chi connectivity index (χ3v) is 3.77. The van der Waals surface area contributed by atoms with E-state index in [-0.39, 0.29) is 24.8 Å². The van der Waals surface area contributed by atoms with Gasteiger partial charge in [0.2, 0.25) is 0 Å². The zero-order valence-electron chi connectivity index (χ0n) is 17.8. The standard InChI is InChI=1S/C21H32N2O5/c1-7-18(24)16-8-10-17(11-9-16)27-15-19(25)23(13-12-22(5)6)14-20(26)28-21(2,3)4/h8-11H,7,12-15H2,1-6H3. The van der Waals surface area contributed by atoms with Gasteiger partial charge in [-0.05, 0) is 59.1 Å². The molecule has 0 aliphatic rings. The maximum atomic E-state index is 12.6. The molecule has 0 fully saturated rings. The van der Waals surface area contributed by atoms with Crippen molar-refractivity contribution >= 4 is 17.7 Å². The molecule has 0 unspecified atom stereocenters. The van der Waals surface area contributed by atoms with Crippen LogP contribution in [0.1, 0.15) is 44.5 Å². The van der Waals surface area contributed by atoms with Crippen molar-refractivity contribution in [1.29, 1.82) is 0 Å². The average Bonchev–Trinajstić information content (AvgIpc) is 2.61. The predicted molar refractivity (Wildman–Crippen MR) is 108 cm³/mol. The van der Waals surface area contributed by atoms with Crippen molar-refractivity contribution in [2.24, 2.45) is 0 Å². The summed E-state index contributed by atoms with van der Waals surface area (Å²) in [6, 6.07) is 6.68. The Bertz CT molecular complexity index is 662. The van der Waals surface area contributed by atoms with Crippen molar-refractivity contribution in [1.82, 2.24) is 9.80 Å². The number of benzene rings is 1. The van der Waals surface area contributed by atoms with Crippen LogP contribution in [0.3, 0.4) is 0 Å². The van der Waals surface area contributed by atoms with Crippen molar-refractivity contribution in [3.8, 4) is 5.75 Å². The van der Waals surface area contributed by atoms with Crippen molar-refractivity contribution < 1.29 is 23.9 Å². The highest BCUT2D eigenvalue weighted by Crippen LogP contribution is 2.14. The molecule has 1 amide bonds. The number of esters is 1. The van der Waals surface area contributed by atoms with Gasteiger partial charge in [-0.1, -0.05) is 6.92 Å². The molecule has 0 heterocycles. The molecule has 0 saturated carbocycles. The first kappa shape index (κ1) is 23.6. The van der Waals surface area contributed by atoms with E-state index >= 15 is 0 Å². The van der Waals surface area contributed by atoms with Gasteiger partial charge in [0.25, 0.3) is 5.91 Å². The zero-order valence-corrected chi connectivity index (χ0v) is 17.8. The molecule has 7 heteroatoms. The summed E-state index contributed by atoms with van der Waals surface area (Å²) in [6.07, 6.45) is 0.435. The number of likely N-dealkylation sites (N-methyl/N-ethyl adjacent to an activating group) is 1. The number of hydrogen-bond acceptors (Lipinski definition) is 6. The number of ketones is 1. The molecule has 0 radical (unpaired) electrons. The Hall–Kier alpha value is -2.41. The van der Waals surface area contributed by atoms with E-state index in [0.717, 1.165) is 0 Å². The SMILES string of the molecule is CCC(=O)c1ccc(OCC(=O)N(CCN(C)C)CC(=O)OC(C)(C)C)cc1. The molecule has 0 aliphatic heterocycles. The number of rotatable bonds is 10. The lowest BCUT2D eigenvalue weighted by Gasteiger charge is -2.26. The molecule has 0 bridgehead atoms. The first-order valence-corrected chi connectivity index (χ1v) is 9.42. The lowest BCUT2D eigenvalue weighted by Crippen LogP contribution is -2.43. The molecular formula is C21H32N2O5. The van der Waals surface area contributed by atoms with Crippen molar-refractivity contribution in [2.45, 2.75) is 39.7 Å². The Morgan fingerprint density at radius 1 is 1.00 bits per heavy atom. The minimum Gasteiger partial charge on any atom is -0.484 e. The number of amides is 1. The first-order valence-electron chi connectivity index (χ1n) is 9.42. The lowest BCUT2D eigenvalue weighted by molar-refractivity contribution is -0.159. The Morgan fingerprint density at radius 3 is 2.11 bits per heavy atom. The van der Waals surface area contributed by atoms with Gasteiger partial charge in [0.1, 0.15) is 17.9 Å². The van der Waals surface area contributed by atoms with Crippen LogP contribution in [0.2, 0.25) is 0 Å². The summed E-state index contributed by atoms with van der Waals surface area (Å²) < 4.78 is 10.9. The predicted octanol–water partition coefficient (Wildman–Crippen LogP) is 2.39. The molecular weight excluding hydrogens is 360 g/mol. The third kappa shape index (κ3) is 8.99. The molecule has 7 nitrogen and oxygen atoms in total. The van der Waals surface area contributed by atoms with Crippen molar-refractivity contribution in [3.63, 3.8) is 0 Å². The Balaban J connectivity index is 2.69. The second-order valence-electron chi connectivity index (χ2n) is 7.79. The van der Waals surface area contributed by atoms with Crippen molar-refractivity contribution in [3.05, 3.63) is 29.8 Å². The summed E-state index contributed by atoms with van der Waals surface area (Å²) in [5.41, 5.74) is 0.000314. The number of hydrogen-bond donors (Lipinski definition) is 0. The van der Waals surface area contributed by atoms with Gasteiger partial charge in [-0.2, -0.15) is 0 Å². The first-order chi connectivity index (χ1) is 13.0. The summed E-state index contributed by atoms with van der Waals surface area (Å²) in [4.78, 5) is 39.7. The van der Waals surface area contributed by atoms with Gasteiger partial charge in [0, 0.05) is 25.1 Å². The van der Waals surface area contributed by atoms with E-state index in [2.05, 4.69) is 0 Å². The number of carbonyl (C=O) groups excluding carboxylic acids is 3. The van der Waals surface area contributed by atoms with Crippen LogP contribution in [-0.4, -0.2) is 73.4 Å².